The second-order valence-corrected chi connectivity index (χ2v) is 4.51. The summed E-state index contributed by atoms with van der Waals surface area (Å²) in [4.78, 5) is 10.3. The molecule has 0 heterocycles. The van der Waals surface area contributed by atoms with Gasteiger partial charge in [0.2, 0.25) is 0 Å². The van der Waals surface area contributed by atoms with Crippen LogP contribution in [0.1, 0.15) is 11.1 Å². The van der Waals surface area contributed by atoms with E-state index >= 15 is 0 Å². The van der Waals surface area contributed by atoms with Crippen LogP contribution in [0.2, 0.25) is 5.02 Å². The standard InChI is InChI=1S/C14H8ClFN2O3/c15-11-3-4-13(18(19)20)14(6-11)21-8-10-2-1-9(7-17)5-12(10)16/h1-6H,8H2. The zero-order valence-corrected chi connectivity index (χ0v) is 11.3. The minimum absolute atomic E-state index is 0.0451. The molecule has 0 bridgehead atoms. The Labute approximate surface area is 124 Å². The average Bonchev–Trinajstić information content (AvgIpc) is 2.45. The van der Waals surface area contributed by atoms with Gasteiger partial charge in [0.05, 0.1) is 16.6 Å². The molecule has 5 nitrogen and oxygen atoms in total. The van der Waals surface area contributed by atoms with Gasteiger partial charge in [-0.05, 0) is 18.2 Å². The fourth-order valence-corrected chi connectivity index (χ4v) is 1.81. The van der Waals surface area contributed by atoms with Crippen molar-refractivity contribution < 1.29 is 14.1 Å². The highest BCUT2D eigenvalue weighted by Crippen LogP contribution is 2.30. The van der Waals surface area contributed by atoms with E-state index in [4.69, 9.17) is 21.6 Å². The van der Waals surface area contributed by atoms with E-state index in [2.05, 4.69) is 0 Å². The van der Waals surface area contributed by atoms with Crippen LogP contribution >= 0.6 is 11.6 Å². The van der Waals surface area contributed by atoms with Gasteiger partial charge in [-0.25, -0.2) is 4.39 Å². The number of nitro benzene ring substituents is 1. The molecule has 0 saturated heterocycles. The summed E-state index contributed by atoms with van der Waals surface area (Å²) in [5.41, 5.74) is 0.113. The lowest BCUT2D eigenvalue weighted by Gasteiger charge is -2.08. The zero-order chi connectivity index (χ0) is 15.4. The third-order valence-corrected chi connectivity index (χ3v) is 2.92. The SMILES string of the molecule is N#Cc1ccc(COc2cc(Cl)ccc2[N+](=O)[O-])c(F)c1. The minimum Gasteiger partial charge on any atom is -0.482 e. The fourth-order valence-electron chi connectivity index (χ4n) is 1.64. The Morgan fingerprint density at radius 2 is 2.10 bits per heavy atom. The fraction of sp³-hybridized carbons (Fsp3) is 0.0714. The second-order valence-electron chi connectivity index (χ2n) is 4.08. The summed E-state index contributed by atoms with van der Waals surface area (Å²) >= 11 is 5.76. The Bertz CT molecular complexity index is 743. The van der Waals surface area contributed by atoms with Gasteiger partial charge < -0.3 is 4.74 Å². The Morgan fingerprint density at radius 1 is 1.33 bits per heavy atom. The van der Waals surface area contributed by atoms with Crippen LogP contribution in [-0.2, 0) is 6.61 Å². The molecule has 0 atom stereocenters. The van der Waals surface area contributed by atoms with Crippen LogP contribution in [0.15, 0.2) is 36.4 Å². The first-order valence-corrected chi connectivity index (χ1v) is 6.14. The molecule has 2 aromatic rings. The lowest BCUT2D eigenvalue weighted by atomic mass is 10.1. The van der Waals surface area contributed by atoms with E-state index < -0.39 is 10.7 Å². The van der Waals surface area contributed by atoms with E-state index in [-0.39, 0.29) is 34.2 Å². The molecule has 0 saturated carbocycles. The molecule has 106 valence electrons. The molecular weight excluding hydrogens is 299 g/mol. The van der Waals surface area contributed by atoms with Gasteiger partial charge in [-0.1, -0.05) is 17.7 Å². The number of ether oxygens (including phenoxy) is 1. The van der Waals surface area contributed by atoms with Crippen molar-refractivity contribution in [3.8, 4) is 11.8 Å². The first kappa shape index (κ1) is 14.8. The highest BCUT2D eigenvalue weighted by Gasteiger charge is 2.16. The number of halogens is 2. The van der Waals surface area contributed by atoms with Crippen molar-refractivity contribution in [3.05, 3.63) is 68.5 Å². The molecule has 0 unspecified atom stereocenters. The summed E-state index contributed by atoms with van der Waals surface area (Å²) in [5, 5.41) is 19.8. The molecule has 0 aromatic heterocycles. The molecule has 0 aliphatic carbocycles. The number of benzene rings is 2. The lowest BCUT2D eigenvalue weighted by molar-refractivity contribution is -0.385. The number of nitrogens with zero attached hydrogens (tertiary/aromatic N) is 2. The minimum atomic E-state index is -0.612. The molecule has 0 amide bonds. The Balaban J connectivity index is 2.22. The number of hydrogen-bond acceptors (Lipinski definition) is 4. The van der Waals surface area contributed by atoms with Gasteiger partial charge in [0.25, 0.3) is 0 Å². The quantitative estimate of drug-likeness (QED) is 0.635. The van der Waals surface area contributed by atoms with Crippen molar-refractivity contribution in [1.29, 1.82) is 5.26 Å². The van der Waals surface area contributed by atoms with Gasteiger partial charge in [-0.15, -0.1) is 0 Å². The third kappa shape index (κ3) is 3.46. The van der Waals surface area contributed by atoms with Crippen molar-refractivity contribution in [3.63, 3.8) is 0 Å². The van der Waals surface area contributed by atoms with E-state index in [0.29, 0.717) is 0 Å². The first-order valence-electron chi connectivity index (χ1n) is 5.76. The number of rotatable bonds is 4. The van der Waals surface area contributed by atoms with Crippen LogP contribution in [0, 0.1) is 27.3 Å². The van der Waals surface area contributed by atoms with Gasteiger partial charge in [0.1, 0.15) is 12.4 Å². The zero-order valence-electron chi connectivity index (χ0n) is 10.5. The summed E-state index contributed by atoms with van der Waals surface area (Å²) in [7, 11) is 0. The van der Waals surface area contributed by atoms with Crippen molar-refractivity contribution in [2.45, 2.75) is 6.61 Å². The molecule has 0 radical (unpaired) electrons. The van der Waals surface area contributed by atoms with Gasteiger partial charge in [0, 0.05) is 22.7 Å². The number of hydrogen-bond donors (Lipinski definition) is 0. The maximum absolute atomic E-state index is 13.7. The van der Waals surface area contributed by atoms with Crippen molar-refractivity contribution in [2.75, 3.05) is 0 Å². The molecule has 0 N–H and O–H groups in total. The van der Waals surface area contributed by atoms with E-state index in [9.17, 15) is 14.5 Å². The van der Waals surface area contributed by atoms with E-state index in [0.717, 1.165) is 6.07 Å². The molecule has 0 fully saturated rings. The summed E-state index contributed by atoms with van der Waals surface area (Å²) in [6.45, 7) is -0.210. The van der Waals surface area contributed by atoms with Crippen molar-refractivity contribution in [1.82, 2.24) is 0 Å². The summed E-state index contributed by atoms with van der Waals surface area (Å²) in [6.07, 6.45) is 0. The van der Waals surface area contributed by atoms with Crippen LogP contribution in [-0.4, -0.2) is 4.92 Å². The van der Waals surface area contributed by atoms with Crippen LogP contribution in [0.3, 0.4) is 0 Å². The topological polar surface area (TPSA) is 76.2 Å². The lowest BCUT2D eigenvalue weighted by Crippen LogP contribution is -2.01. The Hall–Kier alpha value is -2.65. The van der Waals surface area contributed by atoms with Crippen LogP contribution in [0.25, 0.3) is 0 Å². The molecule has 0 spiro atoms. The van der Waals surface area contributed by atoms with E-state index in [1.54, 1.807) is 0 Å². The van der Waals surface area contributed by atoms with Gasteiger partial charge in [-0.3, -0.25) is 10.1 Å². The normalized spacial score (nSPS) is 9.95. The van der Waals surface area contributed by atoms with Crippen LogP contribution < -0.4 is 4.74 Å². The Kier molecular flexibility index (Phi) is 4.36. The summed E-state index contributed by atoms with van der Waals surface area (Å²) in [5.74, 6) is -0.657. The maximum atomic E-state index is 13.7. The maximum Gasteiger partial charge on any atom is 0.311 e. The second kappa shape index (κ2) is 6.20. The largest absolute Gasteiger partial charge is 0.482 e. The van der Waals surface area contributed by atoms with E-state index in [1.807, 2.05) is 6.07 Å². The van der Waals surface area contributed by atoms with Gasteiger partial charge in [-0.2, -0.15) is 5.26 Å². The van der Waals surface area contributed by atoms with Crippen LogP contribution in [0.4, 0.5) is 10.1 Å². The summed E-state index contributed by atoms with van der Waals surface area (Å²) in [6, 6.07) is 9.60. The first-order chi connectivity index (χ1) is 10.0. The monoisotopic (exact) mass is 306 g/mol. The third-order valence-electron chi connectivity index (χ3n) is 2.68. The summed E-state index contributed by atoms with van der Waals surface area (Å²) < 4.78 is 19.0. The number of nitriles is 1. The molecule has 0 aliphatic rings. The number of nitro groups is 1. The van der Waals surface area contributed by atoms with Gasteiger partial charge >= 0.3 is 5.69 Å². The van der Waals surface area contributed by atoms with Crippen LogP contribution in [0.5, 0.6) is 5.75 Å². The van der Waals surface area contributed by atoms with E-state index in [1.165, 1.54) is 30.3 Å². The molecule has 0 aliphatic heterocycles. The predicted octanol–water partition coefficient (Wildman–Crippen LogP) is 3.84. The van der Waals surface area contributed by atoms with Crippen molar-refractivity contribution in [2.24, 2.45) is 0 Å². The predicted molar refractivity (Wildman–Crippen MR) is 73.6 cm³/mol. The van der Waals surface area contributed by atoms with Gasteiger partial charge in [0.15, 0.2) is 5.75 Å². The molecule has 7 heteroatoms. The smallest absolute Gasteiger partial charge is 0.311 e. The average molecular weight is 307 g/mol. The molecule has 21 heavy (non-hydrogen) atoms. The highest BCUT2D eigenvalue weighted by molar-refractivity contribution is 6.30. The molecule has 2 aromatic carbocycles. The Morgan fingerprint density at radius 3 is 2.71 bits per heavy atom. The van der Waals surface area contributed by atoms with Crippen molar-refractivity contribution >= 4 is 17.3 Å². The highest BCUT2D eigenvalue weighted by atomic mass is 35.5. The molecule has 2 rings (SSSR count). The molecular formula is C14H8ClFN2O3.